The second kappa shape index (κ2) is 59.1. The van der Waals surface area contributed by atoms with E-state index in [1.165, 1.54) is 225 Å². The van der Waals surface area contributed by atoms with Gasteiger partial charge in [-0.15, -0.1) is 0 Å². The van der Waals surface area contributed by atoms with Crippen LogP contribution in [0.15, 0.2) is 60.8 Å². The number of unbranched alkanes of at least 4 members (excludes halogenated alkanes) is 37. The van der Waals surface area contributed by atoms with Crippen molar-refractivity contribution < 1.29 is 24.5 Å². The van der Waals surface area contributed by atoms with Crippen molar-refractivity contribution in [2.45, 2.75) is 321 Å². The number of hydrogen-bond donors (Lipinski definition) is 3. The van der Waals surface area contributed by atoms with Crippen LogP contribution in [-0.4, -0.2) is 47.4 Å². The molecule has 0 saturated carbocycles. The van der Waals surface area contributed by atoms with Gasteiger partial charge in [0.1, 0.15) is 0 Å². The van der Waals surface area contributed by atoms with E-state index in [4.69, 9.17) is 4.74 Å². The first-order chi connectivity index (χ1) is 34.5. The van der Waals surface area contributed by atoms with Gasteiger partial charge in [-0.3, -0.25) is 9.59 Å². The molecule has 0 aromatic carbocycles. The Balaban J connectivity index is 3.44. The molecular formula is C64H117NO5. The van der Waals surface area contributed by atoms with E-state index in [9.17, 15) is 19.8 Å². The smallest absolute Gasteiger partial charge is 0.305 e. The maximum absolute atomic E-state index is 12.4. The van der Waals surface area contributed by atoms with Crippen LogP contribution in [0.25, 0.3) is 0 Å². The second-order valence-corrected chi connectivity index (χ2v) is 20.7. The number of rotatable bonds is 56. The summed E-state index contributed by atoms with van der Waals surface area (Å²) in [6.45, 7) is 4.84. The summed E-state index contributed by atoms with van der Waals surface area (Å²) in [6, 6.07) is -0.630. The van der Waals surface area contributed by atoms with Crippen LogP contribution in [0.4, 0.5) is 0 Å². The number of carbonyl (C=O) groups is 2. The third-order valence-electron chi connectivity index (χ3n) is 13.8. The zero-order valence-electron chi connectivity index (χ0n) is 46.5. The molecule has 1 amide bonds. The lowest BCUT2D eigenvalue weighted by Crippen LogP contribution is -2.45. The van der Waals surface area contributed by atoms with E-state index in [2.05, 4.69) is 67.8 Å². The average molecular weight is 981 g/mol. The number of carbonyl (C=O) groups excluding carboxylic acids is 2. The third kappa shape index (κ3) is 54.9. The Hall–Kier alpha value is -2.44. The standard InChI is InChI=1S/C64H117NO5/c1-3-5-7-9-11-13-15-17-34-38-42-46-50-54-58-64(69)70-59-55-51-47-43-39-35-32-30-28-26-24-22-20-18-19-21-23-25-27-29-31-33-37-41-45-49-53-57-63(68)65-61(60-66)62(67)56-52-48-44-40-36-16-14-12-10-8-6-4-2/h9,11,15,17-19,22,24,52,56,61-62,66-67H,3-8,10,12-14,16,20-21,23,25-51,53-55,57-60H2,1-2H3,(H,65,68)/b11-9-,17-15-,19-18-,24-22-,56-52+. The number of nitrogens with one attached hydrogen (secondary N) is 1. The molecule has 2 atom stereocenters. The quantitative estimate of drug-likeness (QED) is 0.0321. The van der Waals surface area contributed by atoms with Crippen LogP contribution >= 0.6 is 0 Å². The first-order valence-corrected chi connectivity index (χ1v) is 30.6. The van der Waals surface area contributed by atoms with Crippen LogP contribution in [-0.2, 0) is 14.3 Å². The molecule has 0 saturated heterocycles. The summed E-state index contributed by atoms with van der Waals surface area (Å²) in [5.41, 5.74) is 0. The van der Waals surface area contributed by atoms with Crippen LogP contribution < -0.4 is 5.32 Å². The lowest BCUT2D eigenvalue weighted by atomic mass is 10.0. The van der Waals surface area contributed by atoms with Crippen molar-refractivity contribution in [1.29, 1.82) is 0 Å². The molecule has 0 rings (SSSR count). The summed E-state index contributed by atoms with van der Waals surface area (Å²) >= 11 is 0. The largest absolute Gasteiger partial charge is 0.466 e. The molecule has 0 aromatic rings. The lowest BCUT2D eigenvalue weighted by molar-refractivity contribution is -0.143. The Morgan fingerprint density at radius 2 is 0.729 bits per heavy atom. The van der Waals surface area contributed by atoms with E-state index in [1.807, 2.05) is 6.08 Å². The molecule has 0 spiro atoms. The Morgan fingerprint density at radius 3 is 1.13 bits per heavy atom. The van der Waals surface area contributed by atoms with Gasteiger partial charge >= 0.3 is 5.97 Å². The molecule has 408 valence electrons. The maximum atomic E-state index is 12.4. The summed E-state index contributed by atoms with van der Waals surface area (Å²) in [7, 11) is 0. The molecule has 0 heterocycles. The topological polar surface area (TPSA) is 95.9 Å². The monoisotopic (exact) mass is 980 g/mol. The predicted molar refractivity (Wildman–Crippen MR) is 305 cm³/mol. The van der Waals surface area contributed by atoms with Gasteiger partial charge in [-0.05, 0) is 89.9 Å². The van der Waals surface area contributed by atoms with Crippen molar-refractivity contribution in [3.63, 3.8) is 0 Å². The summed E-state index contributed by atoms with van der Waals surface area (Å²) < 4.78 is 5.47. The number of allylic oxidation sites excluding steroid dienone is 9. The summed E-state index contributed by atoms with van der Waals surface area (Å²) in [4.78, 5) is 24.5. The molecule has 0 aliphatic carbocycles. The highest BCUT2D eigenvalue weighted by Crippen LogP contribution is 2.16. The predicted octanol–water partition coefficient (Wildman–Crippen LogP) is 19.1. The number of ether oxygens (including phenoxy) is 1. The molecule has 6 nitrogen and oxygen atoms in total. The first kappa shape index (κ1) is 67.6. The van der Waals surface area contributed by atoms with Crippen LogP contribution in [0.3, 0.4) is 0 Å². The van der Waals surface area contributed by atoms with E-state index in [0.717, 1.165) is 57.8 Å². The lowest BCUT2D eigenvalue weighted by Gasteiger charge is -2.20. The van der Waals surface area contributed by atoms with Gasteiger partial charge in [-0.2, -0.15) is 0 Å². The van der Waals surface area contributed by atoms with Gasteiger partial charge in [0.25, 0.3) is 0 Å². The van der Waals surface area contributed by atoms with Crippen LogP contribution in [0, 0.1) is 0 Å². The summed E-state index contributed by atoms with van der Waals surface area (Å²) in [5, 5.41) is 23.0. The van der Waals surface area contributed by atoms with E-state index in [0.29, 0.717) is 19.4 Å². The minimum Gasteiger partial charge on any atom is -0.466 e. The maximum Gasteiger partial charge on any atom is 0.305 e. The van der Waals surface area contributed by atoms with Gasteiger partial charge in [0, 0.05) is 12.8 Å². The highest BCUT2D eigenvalue weighted by Gasteiger charge is 2.18. The molecule has 0 radical (unpaired) electrons. The normalized spacial score (nSPS) is 13.0. The molecule has 70 heavy (non-hydrogen) atoms. The average Bonchev–Trinajstić information content (AvgIpc) is 3.36. The molecule has 6 heteroatoms. The van der Waals surface area contributed by atoms with Crippen LogP contribution in [0.1, 0.15) is 309 Å². The van der Waals surface area contributed by atoms with E-state index in [1.54, 1.807) is 6.08 Å². The number of aliphatic hydroxyl groups excluding tert-OH is 2. The molecule has 0 aliphatic heterocycles. The van der Waals surface area contributed by atoms with Crippen molar-refractivity contribution in [3.05, 3.63) is 60.8 Å². The SMILES string of the molecule is CCCC/C=C\C/C=C\CCCCCCCC(=O)OCCCCCCCCCCC/C=C\C/C=C\CCCCCCCCCCCCCC(=O)NC(CO)C(O)/C=C/CCCCCCCCCCCC. The minimum atomic E-state index is -0.846. The van der Waals surface area contributed by atoms with Gasteiger partial charge in [0.15, 0.2) is 0 Å². The fourth-order valence-electron chi connectivity index (χ4n) is 9.03. The Bertz CT molecular complexity index is 1220. The van der Waals surface area contributed by atoms with Gasteiger partial charge in [0.05, 0.1) is 25.4 Å². The molecular weight excluding hydrogens is 863 g/mol. The zero-order valence-corrected chi connectivity index (χ0v) is 46.5. The van der Waals surface area contributed by atoms with Crippen LogP contribution in [0.2, 0.25) is 0 Å². The molecule has 0 fully saturated rings. The summed E-state index contributed by atoms with van der Waals surface area (Å²) in [6.07, 6.45) is 76.9. The molecule has 2 unspecified atom stereocenters. The number of hydrogen-bond acceptors (Lipinski definition) is 5. The van der Waals surface area contributed by atoms with Crippen molar-refractivity contribution in [2.24, 2.45) is 0 Å². The van der Waals surface area contributed by atoms with E-state index < -0.39 is 12.1 Å². The van der Waals surface area contributed by atoms with E-state index in [-0.39, 0.29) is 18.5 Å². The Morgan fingerprint density at radius 1 is 0.400 bits per heavy atom. The fourth-order valence-corrected chi connectivity index (χ4v) is 9.03. The molecule has 3 N–H and O–H groups in total. The third-order valence-corrected chi connectivity index (χ3v) is 13.8. The molecule has 0 aliphatic rings. The second-order valence-electron chi connectivity index (χ2n) is 20.7. The Kier molecular flexibility index (Phi) is 57.1. The Labute approximate surface area is 435 Å². The number of aliphatic hydroxyl groups is 2. The van der Waals surface area contributed by atoms with Gasteiger partial charge in [-0.25, -0.2) is 0 Å². The zero-order chi connectivity index (χ0) is 50.7. The summed E-state index contributed by atoms with van der Waals surface area (Å²) in [5.74, 6) is -0.0776. The molecule has 0 bridgehead atoms. The van der Waals surface area contributed by atoms with Gasteiger partial charge < -0.3 is 20.3 Å². The fraction of sp³-hybridized carbons (Fsp3) is 0.812. The van der Waals surface area contributed by atoms with Crippen molar-refractivity contribution in [3.8, 4) is 0 Å². The first-order valence-electron chi connectivity index (χ1n) is 30.6. The van der Waals surface area contributed by atoms with E-state index >= 15 is 0 Å². The van der Waals surface area contributed by atoms with Crippen molar-refractivity contribution >= 4 is 11.9 Å². The van der Waals surface area contributed by atoms with Crippen LogP contribution in [0.5, 0.6) is 0 Å². The van der Waals surface area contributed by atoms with Crippen molar-refractivity contribution in [1.82, 2.24) is 5.32 Å². The highest BCUT2D eigenvalue weighted by molar-refractivity contribution is 5.76. The van der Waals surface area contributed by atoms with Gasteiger partial charge in [0.2, 0.25) is 5.91 Å². The highest BCUT2D eigenvalue weighted by atomic mass is 16.5. The number of amides is 1. The molecule has 0 aromatic heterocycles. The van der Waals surface area contributed by atoms with Gasteiger partial charge in [-0.1, -0.05) is 267 Å². The number of esters is 1. The minimum absolute atomic E-state index is 0.00517. The van der Waals surface area contributed by atoms with Crippen molar-refractivity contribution in [2.75, 3.05) is 13.2 Å².